The van der Waals surface area contributed by atoms with Gasteiger partial charge in [-0.05, 0) is 24.5 Å². The fourth-order valence-electron chi connectivity index (χ4n) is 1.48. The molecule has 1 unspecified atom stereocenters. The monoisotopic (exact) mass is 159 g/mol. The quantitative estimate of drug-likeness (QED) is 0.568. The summed E-state index contributed by atoms with van der Waals surface area (Å²) in [5, 5.41) is 0. The van der Waals surface area contributed by atoms with Crippen LogP contribution in [0.4, 0.5) is 0 Å². The van der Waals surface area contributed by atoms with Gasteiger partial charge in [0.2, 0.25) is 0 Å². The molecule has 12 heavy (non-hydrogen) atoms. The maximum atomic E-state index is 2.31. The van der Waals surface area contributed by atoms with Crippen LogP contribution in [0.1, 0.15) is 13.3 Å². The first-order valence-corrected chi connectivity index (χ1v) is 4.43. The first kappa shape index (κ1) is 7.41. The van der Waals surface area contributed by atoms with E-state index in [1.54, 1.807) is 0 Å². The summed E-state index contributed by atoms with van der Waals surface area (Å²) in [7, 11) is 0. The Kier molecular flexibility index (Phi) is 1.86. The summed E-state index contributed by atoms with van der Waals surface area (Å²) >= 11 is 0. The van der Waals surface area contributed by atoms with Crippen molar-refractivity contribution in [2.45, 2.75) is 13.3 Å². The third kappa shape index (κ3) is 1.22. The summed E-state index contributed by atoms with van der Waals surface area (Å²) in [5.74, 6) is 0.618. The lowest BCUT2D eigenvalue weighted by atomic mass is 10.0. The van der Waals surface area contributed by atoms with E-state index in [1.807, 2.05) is 6.08 Å². The molecule has 0 N–H and O–H groups in total. The summed E-state index contributed by atoms with van der Waals surface area (Å²) in [6.45, 7) is 2.21. The number of nitrogens with zero attached hydrogens (tertiary/aromatic N) is 1. The minimum Gasteiger partial charge on any atom is -0.324 e. The van der Waals surface area contributed by atoms with Gasteiger partial charge in [-0.2, -0.15) is 0 Å². The third-order valence-electron chi connectivity index (χ3n) is 2.27. The van der Waals surface area contributed by atoms with Crippen molar-refractivity contribution in [3.63, 3.8) is 0 Å². The Morgan fingerprint density at radius 1 is 1.33 bits per heavy atom. The van der Waals surface area contributed by atoms with Gasteiger partial charge in [0.05, 0.1) is 0 Å². The highest BCUT2D eigenvalue weighted by Gasteiger charge is 2.10. The van der Waals surface area contributed by atoms with Gasteiger partial charge in [-0.1, -0.05) is 25.2 Å². The van der Waals surface area contributed by atoms with Crippen molar-refractivity contribution >= 4 is 0 Å². The van der Waals surface area contributed by atoms with Gasteiger partial charge in [0.15, 0.2) is 0 Å². The topological polar surface area (TPSA) is 3.24 Å². The second kappa shape index (κ2) is 3.02. The normalized spacial score (nSPS) is 25.6. The molecule has 2 rings (SSSR count). The first-order chi connectivity index (χ1) is 5.90. The van der Waals surface area contributed by atoms with Gasteiger partial charge in [0.25, 0.3) is 0 Å². The summed E-state index contributed by atoms with van der Waals surface area (Å²) in [6.07, 6.45) is 16.2. The molecular formula is C11H13N. The Labute approximate surface area is 73.4 Å². The van der Waals surface area contributed by atoms with Crippen molar-refractivity contribution in [3.8, 4) is 0 Å². The molecule has 1 atom stereocenters. The number of rotatable bonds is 1. The lowest BCUT2D eigenvalue weighted by Crippen LogP contribution is -2.14. The minimum atomic E-state index is 0.618. The van der Waals surface area contributed by atoms with Gasteiger partial charge in [-0.25, -0.2) is 0 Å². The van der Waals surface area contributed by atoms with E-state index in [9.17, 15) is 0 Å². The Morgan fingerprint density at radius 3 is 3.08 bits per heavy atom. The Balaban J connectivity index is 2.24. The van der Waals surface area contributed by atoms with Gasteiger partial charge < -0.3 is 4.90 Å². The van der Waals surface area contributed by atoms with E-state index in [0.29, 0.717) is 5.92 Å². The van der Waals surface area contributed by atoms with Crippen LogP contribution in [-0.4, -0.2) is 4.90 Å². The molecule has 0 bridgehead atoms. The minimum absolute atomic E-state index is 0.618. The van der Waals surface area contributed by atoms with Crippen LogP contribution >= 0.6 is 0 Å². The SMILES string of the molecule is CCC1C=CN2C=CC=CC2=C1. The van der Waals surface area contributed by atoms with Gasteiger partial charge in [-0.15, -0.1) is 0 Å². The van der Waals surface area contributed by atoms with Gasteiger partial charge in [0.1, 0.15) is 0 Å². The molecule has 0 aliphatic carbocycles. The molecule has 2 heterocycles. The molecule has 0 saturated heterocycles. The molecule has 2 aliphatic heterocycles. The number of hydrogen-bond acceptors (Lipinski definition) is 1. The van der Waals surface area contributed by atoms with Gasteiger partial charge >= 0.3 is 0 Å². The summed E-state index contributed by atoms with van der Waals surface area (Å²) in [4.78, 5) is 2.14. The van der Waals surface area contributed by atoms with E-state index >= 15 is 0 Å². The van der Waals surface area contributed by atoms with E-state index in [1.165, 1.54) is 12.1 Å². The molecule has 0 radical (unpaired) electrons. The molecule has 2 aliphatic rings. The Morgan fingerprint density at radius 2 is 2.25 bits per heavy atom. The van der Waals surface area contributed by atoms with Crippen LogP contribution in [0.5, 0.6) is 0 Å². The average molecular weight is 159 g/mol. The van der Waals surface area contributed by atoms with E-state index in [-0.39, 0.29) is 0 Å². The highest BCUT2D eigenvalue weighted by Crippen LogP contribution is 2.22. The zero-order valence-electron chi connectivity index (χ0n) is 7.27. The fourth-order valence-corrected chi connectivity index (χ4v) is 1.48. The van der Waals surface area contributed by atoms with Crippen molar-refractivity contribution < 1.29 is 0 Å². The van der Waals surface area contributed by atoms with Crippen molar-refractivity contribution in [3.05, 3.63) is 48.5 Å². The van der Waals surface area contributed by atoms with Crippen LogP contribution < -0.4 is 0 Å². The van der Waals surface area contributed by atoms with Gasteiger partial charge in [-0.3, -0.25) is 0 Å². The highest BCUT2D eigenvalue weighted by atomic mass is 15.1. The summed E-state index contributed by atoms with van der Waals surface area (Å²) in [5.41, 5.74) is 1.30. The molecule has 0 saturated carbocycles. The predicted molar refractivity (Wildman–Crippen MR) is 51.1 cm³/mol. The molecule has 0 spiro atoms. The summed E-state index contributed by atoms with van der Waals surface area (Å²) < 4.78 is 0. The number of allylic oxidation sites excluding steroid dienone is 5. The molecular weight excluding hydrogens is 146 g/mol. The molecule has 0 amide bonds. The third-order valence-corrected chi connectivity index (χ3v) is 2.27. The van der Waals surface area contributed by atoms with Crippen LogP contribution in [0.3, 0.4) is 0 Å². The van der Waals surface area contributed by atoms with Crippen molar-refractivity contribution in [2.75, 3.05) is 0 Å². The van der Waals surface area contributed by atoms with E-state index in [4.69, 9.17) is 0 Å². The standard InChI is InChI=1S/C11H13N/c1-2-10-6-8-12-7-4-3-5-11(12)9-10/h3-10H,2H2,1H3. The Hall–Kier alpha value is -1.24. The lowest BCUT2D eigenvalue weighted by Gasteiger charge is -2.25. The first-order valence-electron chi connectivity index (χ1n) is 4.43. The number of fused-ring (bicyclic) bond motifs is 1. The fraction of sp³-hybridized carbons (Fsp3) is 0.273. The van der Waals surface area contributed by atoms with Crippen LogP contribution in [0.2, 0.25) is 0 Å². The van der Waals surface area contributed by atoms with E-state index < -0.39 is 0 Å². The van der Waals surface area contributed by atoms with E-state index in [2.05, 4.69) is 48.5 Å². The molecule has 62 valence electrons. The molecule has 0 aromatic heterocycles. The van der Waals surface area contributed by atoms with Crippen molar-refractivity contribution in [2.24, 2.45) is 5.92 Å². The number of hydrogen-bond donors (Lipinski definition) is 0. The van der Waals surface area contributed by atoms with Crippen molar-refractivity contribution in [1.29, 1.82) is 0 Å². The highest BCUT2D eigenvalue weighted by molar-refractivity contribution is 5.33. The predicted octanol–water partition coefficient (Wildman–Crippen LogP) is 2.81. The van der Waals surface area contributed by atoms with Crippen LogP contribution in [0.25, 0.3) is 0 Å². The summed E-state index contributed by atoms with van der Waals surface area (Å²) in [6, 6.07) is 0. The second-order valence-corrected chi connectivity index (χ2v) is 3.11. The molecule has 0 fully saturated rings. The van der Waals surface area contributed by atoms with Gasteiger partial charge in [0, 0.05) is 18.1 Å². The molecule has 1 heteroatoms. The lowest BCUT2D eigenvalue weighted by molar-refractivity contribution is 0.591. The van der Waals surface area contributed by atoms with E-state index in [0.717, 1.165) is 0 Å². The zero-order chi connectivity index (χ0) is 8.39. The van der Waals surface area contributed by atoms with Crippen molar-refractivity contribution in [1.82, 2.24) is 4.90 Å². The Bertz CT molecular complexity index is 281. The zero-order valence-corrected chi connectivity index (χ0v) is 7.27. The smallest absolute Gasteiger partial charge is 0.0415 e. The maximum Gasteiger partial charge on any atom is 0.0415 e. The van der Waals surface area contributed by atoms with Crippen LogP contribution in [0, 0.1) is 5.92 Å². The largest absolute Gasteiger partial charge is 0.324 e. The average Bonchev–Trinajstić information content (AvgIpc) is 2.17. The molecule has 0 aromatic rings. The molecule has 1 nitrogen and oxygen atoms in total. The molecule has 0 aromatic carbocycles. The van der Waals surface area contributed by atoms with Crippen LogP contribution in [0.15, 0.2) is 48.5 Å². The maximum absolute atomic E-state index is 2.31. The second-order valence-electron chi connectivity index (χ2n) is 3.11. The van der Waals surface area contributed by atoms with Crippen LogP contribution in [-0.2, 0) is 0 Å².